The Labute approximate surface area is 231 Å². The lowest BCUT2D eigenvalue weighted by molar-refractivity contribution is -0.138. The summed E-state index contributed by atoms with van der Waals surface area (Å²) in [4.78, 5) is 52.0. The Morgan fingerprint density at radius 3 is 2.40 bits per heavy atom. The van der Waals surface area contributed by atoms with Crippen molar-refractivity contribution in [3.05, 3.63) is 87.3 Å². The van der Waals surface area contributed by atoms with E-state index in [1.165, 1.54) is 11.0 Å². The van der Waals surface area contributed by atoms with Crippen LogP contribution in [0, 0.1) is 0 Å². The number of ether oxygens (including phenoxy) is 1. The van der Waals surface area contributed by atoms with E-state index >= 15 is 0 Å². The topological polar surface area (TPSA) is 116 Å². The molecule has 9 heteroatoms. The van der Waals surface area contributed by atoms with E-state index in [1.807, 2.05) is 55.4 Å². The van der Waals surface area contributed by atoms with E-state index in [2.05, 4.69) is 11.9 Å². The molecule has 40 heavy (non-hydrogen) atoms. The first-order valence-electron chi connectivity index (χ1n) is 13.0. The molecule has 3 aromatic rings. The minimum Gasteiger partial charge on any atom is -0.478 e. The average molecular weight is 540 g/mol. The third kappa shape index (κ3) is 5.05. The number of fused-ring (bicyclic) bond motifs is 2. The molecule has 0 spiro atoms. The van der Waals surface area contributed by atoms with Gasteiger partial charge in [-0.05, 0) is 47.5 Å². The molecule has 9 nitrogen and oxygen atoms in total. The lowest BCUT2D eigenvalue weighted by atomic mass is 9.88. The van der Waals surface area contributed by atoms with Crippen LogP contribution in [0.25, 0.3) is 12.2 Å². The predicted molar refractivity (Wildman–Crippen MR) is 150 cm³/mol. The second-order valence-corrected chi connectivity index (χ2v) is 10.00. The van der Waals surface area contributed by atoms with Crippen LogP contribution in [0.4, 0.5) is 5.69 Å². The average Bonchev–Trinajstić information content (AvgIpc) is 3.25. The molecule has 3 amide bonds. The molecule has 2 aliphatic rings. The molecule has 2 aliphatic heterocycles. The number of nitrogens with one attached hydrogen (secondary N) is 1. The molecule has 5 rings (SSSR count). The molecule has 1 fully saturated rings. The number of carboxylic acid groups (broad SMARTS) is 1. The molecule has 0 atom stereocenters. The number of imide groups is 1. The molecule has 2 N–H and O–H groups in total. The Bertz CT molecular complexity index is 1660. The summed E-state index contributed by atoms with van der Waals surface area (Å²) in [7, 11) is 3.85. The quantitative estimate of drug-likeness (QED) is 0.261. The van der Waals surface area contributed by atoms with Crippen molar-refractivity contribution in [3.8, 4) is 11.5 Å². The van der Waals surface area contributed by atoms with Crippen LogP contribution in [0.3, 0.4) is 0 Å². The maximum atomic E-state index is 12.9. The molecule has 0 aromatic heterocycles. The maximum Gasteiger partial charge on any atom is 0.336 e. The predicted octanol–water partition coefficient (Wildman–Crippen LogP) is 2.48. The maximum absolute atomic E-state index is 12.9. The van der Waals surface area contributed by atoms with Gasteiger partial charge >= 0.3 is 5.97 Å². The first kappa shape index (κ1) is 26.7. The summed E-state index contributed by atoms with van der Waals surface area (Å²) in [5, 5.41) is 14.4. The van der Waals surface area contributed by atoms with Crippen LogP contribution in [-0.2, 0) is 9.59 Å². The Morgan fingerprint density at radius 2 is 1.70 bits per heavy atom. The fraction of sp³-hybridized carbons (Fsp3) is 0.226. The summed E-state index contributed by atoms with van der Waals surface area (Å²) in [6.07, 6.45) is 0.855. The van der Waals surface area contributed by atoms with E-state index < -0.39 is 11.9 Å². The van der Waals surface area contributed by atoms with Crippen LogP contribution in [0.5, 0.6) is 11.5 Å². The van der Waals surface area contributed by atoms with Crippen molar-refractivity contribution < 1.29 is 29.0 Å². The monoisotopic (exact) mass is 539 g/mol. The molecule has 0 saturated carbocycles. The van der Waals surface area contributed by atoms with Gasteiger partial charge < -0.3 is 20.1 Å². The molecule has 0 aliphatic carbocycles. The number of nitrogens with zero attached hydrogens (tertiary/aromatic N) is 2. The second-order valence-electron chi connectivity index (χ2n) is 10.00. The van der Waals surface area contributed by atoms with Gasteiger partial charge in [0.15, 0.2) is 0 Å². The number of amides is 3. The number of hydrogen-bond acceptors (Lipinski definition) is 6. The number of carbonyl (C=O) groups excluding carboxylic acids is 3. The third-order valence-electron chi connectivity index (χ3n) is 7.07. The lowest BCUT2D eigenvalue weighted by Crippen LogP contribution is -2.33. The second kappa shape index (κ2) is 10.7. The van der Waals surface area contributed by atoms with Gasteiger partial charge in [-0.1, -0.05) is 24.8 Å². The van der Waals surface area contributed by atoms with Gasteiger partial charge in [0, 0.05) is 73.7 Å². The summed E-state index contributed by atoms with van der Waals surface area (Å²) in [5.74, 6) is -0.849. The van der Waals surface area contributed by atoms with Gasteiger partial charge in [0.1, 0.15) is 11.5 Å². The zero-order chi connectivity index (χ0) is 28.6. The van der Waals surface area contributed by atoms with Gasteiger partial charge in [-0.25, -0.2) is 4.79 Å². The number of carbonyl (C=O) groups is 4. The SMILES string of the molecule is C=c1ccc2c(c1)Oc1cc(N(C)C)ccc1C=2c1ccc(C(=O)NCCCN2C(=O)CCC2=O)cc1C(=O)O. The normalized spacial score (nSPS) is 13.9. The number of likely N-dealkylation sites (tertiary alicyclic amines) is 1. The molecule has 204 valence electrons. The first-order chi connectivity index (χ1) is 19.1. The highest BCUT2D eigenvalue weighted by Gasteiger charge is 2.28. The fourth-order valence-electron chi connectivity index (χ4n) is 4.99. The summed E-state index contributed by atoms with van der Waals surface area (Å²) in [6.45, 7) is 4.46. The van der Waals surface area contributed by atoms with Gasteiger partial charge in [-0.3, -0.25) is 19.3 Å². The van der Waals surface area contributed by atoms with Gasteiger partial charge in [-0.2, -0.15) is 0 Å². The Kier molecular flexibility index (Phi) is 7.13. The number of benzene rings is 3. The zero-order valence-corrected chi connectivity index (χ0v) is 22.3. The van der Waals surface area contributed by atoms with Crippen LogP contribution >= 0.6 is 0 Å². The van der Waals surface area contributed by atoms with Gasteiger partial charge in [0.25, 0.3) is 5.91 Å². The highest BCUT2D eigenvalue weighted by atomic mass is 16.5. The van der Waals surface area contributed by atoms with Crippen molar-refractivity contribution in [2.24, 2.45) is 0 Å². The molecule has 0 unspecified atom stereocenters. The smallest absolute Gasteiger partial charge is 0.336 e. The summed E-state index contributed by atoms with van der Waals surface area (Å²) >= 11 is 0. The van der Waals surface area contributed by atoms with Crippen LogP contribution in [0.1, 0.15) is 51.1 Å². The molecular formula is C31H29N3O6. The zero-order valence-electron chi connectivity index (χ0n) is 22.3. The van der Waals surface area contributed by atoms with Crippen LogP contribution in [0.15, 0.2) is 54.6 Å². The van der Waals surface area contributed by atoms with E-state index in [4.69, 9.17) is 4.74 Å². The lowest BCUT2D eigenvalue weighted by Gasteiger charge is -2.24. The van der Waals surface area contributed by atoms with E-state index in [0.29, 0.717) is 29.1 Å². The van der Waals surface area contributed by atoms with E-state index in [0.717, 1.165) is 21.7 Å². The number of carboxylic acids is 1. The highest BCUT2D eigenvalue weighted by molar-refractivity contribution is 6.03. The molecule has 1 saturated heterocycles. The first-order valence-corrected chi connectivity index (χ1v) is 13.0. The van der Waals surface area contributed by atoms with Crippen molar-refractivity contribution >= 4 is 41.5 Å². The molecular weight excluding hydrogens is 510 g/mol. The Balaban J connectivity index is 1.48. The fourth-order valence-corrected chi connectivity index (χ4v) is 4.99. The molecule has 0 radical (unpaired) electrons. The van der Waals surface area contributed by atoms with Crippen molar-refractivity contribution in [1.82, 2.24) is 10.2 Å². The highest BCUT2D eigenvalue weighted by Crippen LogP contribution is 2.39. The number of rotatable bonds is 8. The van der Waals surface area contributed by atoms with E-state index in [-0.39, 0.29) is 48.9 Å². The van der Waals surface area contributed by atoms with Crippen LogP contribution in [-0.4, -0.2) is 60.9 Å². The number of anilines is 1. The van der Waals surface area contributed by atoms with Crippen LogP contribution in [0.2, 0.25) is 0 Å². The van der Waals surface area contributed by atoms with Crippen LogP contribution < -0.4 is 25.4 Å². The van der Waals surface area contributed by atoms with Gasteiger partial charge in [-0.15, -0.1) is 0 Å². The third-order valence-corrected chi connectivity index (χ3v) is 7.07. The van der Waals surface area contributed by atoms with Crippen molar-refractivity contribution in [1.29, 1.82) is 0 Å². The van der Waals surface area contributed by atoms with E-state index in [1.54, 1.807) is 12.1 Å². The summed E-state index contributed by atoms with van der Waals surface area (Å²) in [5.41, 5.74) is 2.97. The van der Waals surface area contributed by atoms with Gasteiger partial charge in [0.2, 0.25) is 11.8 Å². The molecule has 0 bridgehead atoms. The molecule has 3 aromatic carbocycles. The largest absolute Gasteiger partial charge is 0.478 e. The van der Waals surface area contributed by atoms with Crippen molar-refractivity contribution in [3.63, 3.8) is 0 Å². The summed E-state index contributed by atoms with van der Waals surface area (Å²) < 4.78 is 6.22. The van der Waals surface area contributed by atoms with E-state index in [9.17, 15) is 24.3 Å². The van der Waals surface area contributed by atoms with Crippen molar-refractivity contribution in [2.75, 3.05) is 32.1 Å². The Morgan fingerprint density at radius 1 is 0.975 bits per heavy atom. The minimum atomic E-state index is -1.17. The molecule has 2 heterocycles. The number of aromatic carboxylic acids is 1. The number of hydrogen-bond donors (Lipinski definition) is 2. The standard InChI is InChI=1S/C31H29N3O6/c1-18-5-8-22-25(15-18)40-26-17-20(33(2)3)7-10-23(26)29(22)21-9-6-19(16-24(21)31(38)39)30(37)32-13-4-14-34-27(35)11-12-28(34)36/h5-10,15-17H,1,4,11-14H2,2-3H3,(H,32,37)(H,38,39). The van der Waals surface area contributed by atoms with Gasteiger partial charge in [0.05, 0.1) is 5.56 Å². The van der Waals surface area contributed by atoms with Crippen molar-refractivity contribution in [2.45, 2.75) is 19.3 Å². The summed E-state index contributed by atoms with van der Waals surface area (Å²) in [6, 6.07) is 15.9. The minimum absolute atomic E-state index is 0.0231. The Hall–Kier alpha value is -4.92.